The monoisotopic (exact) mass is 309 g/mol. The lowest BCUT2D eigenvalue weighted by Gasteiger charge is -2.17. The minimum atomic E-state index is -0.815. The number of carboxylic acids is 1. The number of hydrogen-bond acceptors (Lipinski definition) is 4. The molecule has 0 spiro atoms. The first kappa shape index (κ1) is 18.3. The molecular formula is C17H27NO4. The summed E-state index contributed by atoms with van der Waals surface area (Å²) >= 11 is 0. The summed E-state index contributed by atoms with van der Waals surface area (Å²) in [5, 5.41) is 12.3. The molecule has 0 saturated carbocycles. The van der Waals surface area contributed by atoms with Crippen molar-refractivity contribution in [3.05, 3.63) is 23.8 Å². The second-order valence-electron chi connectivity index (χ2n) is 5.55. The minimum Gasteiger partial charge on any atom is -0.490 e. The van der Waals surface area contributed by atoms with Gasteiger partial charge in [-0.2, -0.15) is 0 Å². The Kier molecular flexibility index (Phi) is 7.74. The molecule has 0 aliphatic carbocycles. The standard InChI is InChI=1S/C17H27NO4/c1-5-21-15-8-7-13(10-16(15)22-6-2)11-18-14(17(19)20)9-12(3)4/h7-8,10,12,14,18H,5-6,9,11H2,1-4H3,(H,19,20). The average Bonchev–Trinajstić information content (AvgIpc) is 2.45. The first-order chi connectivity index (χ1) is 10.5. The number of rotatable bonds is 10. The largest absolute Gasteiger partial charge is 0.490 e. The molecule has 5 heteroatoms. The van der Waals surface area contributed by atoms with Gasteiger partial charge in [0.25, 0.3) is 0 Å². The zero-order valence-corrected chi connectivity index (χ0v) is 13.9. The van der Waals surface area contributed by atoms with Crippen molar-refractivity contribution in [1.29, 1.82) is 0 Å². The van der Waals surface area contributed by atoms with E-state index in [4.69, 9.17) is 9.47 Å². The van der Waals surface area contributed by atoms with Crippen molar-refractivity contribution >= 4 is 5.97 Å². The van der Waals surface area contributed by atoms with E-state index in [1.54, 1.807) is 0 Å². The van der Waals surface area contributed by atoms with E-state index in [2.05, 4.69) is 5.32 Å². The van der Waals surface area contributed by atoms with Gasteiger partial charge in [0.2, 0.25) is 0 Å². The number of carbonyl (C=O) groups is 1. The second kappa shape index (κ2) is 9.30. The zero-order chi connectivity index (χ0) is 16.5. The van der Waals surface area contributed by atoms with Crippen molar-refractivity contribution in [1.82, 2.24) is 5.32 Å². The van der Waals surface area contributed by atoms with Gasteiger partial charge in [0, 0.05) is 6.54 Å². The molecule has 0 aromatic heterocycles. The number of nitrogens with one attached hydrogen (secondary N) is 1. The molecule has 0 fully saturated rings. The van der Waals surface area contributed by atoms with Gasteiger partial charge in [0.1, 0.15) is 6.04 Å². The normalized spacial score (nSPS) is 12.2. The second-order valence-corrected chi connectivity index (χ2v) is 5.55. The van der Waals surface area contributed by atoms with Crippen LogP contribution in [0.15, 0.2) is 18.2 Å². The summed E-state index contributed by atoms with van der Waals surface area (Å²) < 4.78 is 11.1. The fraction of sp³-hybridized carbons (Fsp3) is 0.588. The maximum absolute atomic E-state index is 11.3. The van der Waals surface area contributed by atoms with Crippen LogP contribution < -0.4 is 14.8 Å². The number of carboxylic acid groups (broad SMARTS) is 1. The van der Waals surface area contributed by atoms with Crippen LogP contribution in [0.4, 0.5) is 0 Å². The topological polar surface area (TPSA) is 67.8 Å². The van der Waals surface area contributed by atoms with Crippen LogP contribution in [-0.4, -0.2) is 30.3 Å². The molecule has 0 aliphatic rings. The quantitative estimate of drug-likeness (QED) is 0.695. The van der Waals surface area contributed by atoms with E-state index in [1.807, 2.05) is 45.9 Å². The van der Waals surface area contributed by atoms with Gasteiger partial charge < -0.3 is 19.9 Å². The summed E-state index contributed by atoms with van der Waals surface area (Å²) in [6, 6.07) is 5.15. The summed E-state index contributed by atoms with van der Waals surface area (Å²) in [6.45, 7) is 9.49. The Balaban J connectivity index is 2.75. The van der Waals surface area contributed by atoms with E-state index in [0.717, 1.165) is 5.56 Å². The van der Waals surface area contributed by atoms with Crippen molar-refractivity contribution in [2.24, 2.45) is 5.92 Å². The summed E-state index contributed by atoms with van der Waals surface area (Å²) in [4.78, 5) is 11.3. The Morgan fingerprint density at radius 3 is 2.36 bits per heavy atom. The van der Waals surface area contributed by atoms with Crippen LogP contribution in [0.3, 0.4) is 0 Å². The first-order valence-electron chi connectivity index (χ1n) is 7.82. The smallest absolute Gasteiger partial charge is 0.320 e. The fourth-order valence-electron chi connectivity index (χ4n) is 2.19. The third-order valence-electron chi connectivity index (χ3n) is 3.17. The van der Waals surface area contributed by atoms with E-state index in [0.29, 0.717) is 43.6 Å². The lowest BCUT2D eigenvalue weighted by atomic mass is 10.0. The highest BCUT2D eigenvalue weighted by Crippen LogP contribution is 2.28. The molecule has 0 saturated heterocycles. The minimum absolute atomic E-state index is 0.327. The molecule has 0 amide bonds. The molecule has 1 unspecified atom stereocenters. The molecule has 0 bridgehead atoms. The molecule has 1 atom stereocenters. The molecule has 124 valence electrons. The summed E-state index contributed by atoms with van der Waals surface area (Å²) in [5.74, 6) is 0.919. The molecule has 2 N–H and O–H groups in total. The van der Waals surface area contributed by atoms with Gasteiger partial charge >= 0.3 is 5.97 Å². The SMILES string of the molecule is CCOc1ccc(CNC(CC(C)C)C(=O)O)cc1OCC. The molecule has 1 aromatic rings. The van der Waals surface area contributed by atoms with Crippen molar-refractivity contribution in [3.63, 3.8) is 0 Å². The molecule has 5 nitrogen and oxygen atoms in total. The van der Waals surface area contributed by atoms with Gasteiger partial charge in [-0.1, -0.05) is 19.9 Å². The van der Waals surface area contributed by atoms with E-state index in [-0.39, 0.29) is 0 Å². The van der Waals surface area contributed by atoms with E-state index in [1.165, 1.54) is 0 Å². The lowest BCUT2D eigenvalue weighted by molar-refractivity contribution is -0.140. The van der Waals surface area contributed by atoms with Crippen molar-refractivity contribution < 1.29 is 19.4 Å². The number of hydrogen-bond donors (Lipinski definition) is 2. The molecular weight excluding hydrogens is 282 g/mol. The summed E-state index contributed by atoms with van der Waals surface area (Å²) in [6.07, 6.45) is 0.602. The van der Waals surface area contributed by atoms with Gasteiger partial charge in [-0.3, -0.25) is 4.79 Å². The highest BCUT2D eigenvalue weighted by Gasteiger charge is 2.18. The molecule has 0 radical (unpaired) electrons. The maximum Gasteiger partial charge on any atom is 0.320 e. The Bertz CT molecular complexity index is 474. The van der Waals surface area contributed by atoms with Crippen LogP contribution in [0.1, 0.15) is 39.7 Å². The van der Waals surface area contributed by atoms with E-state index < -0.39 is 12.0 Å². The van der Waals surface area contributed by atoms with Gasteiger partial charge in [-0.25, -0.2) is 0 Å². The number of ether oxygens (including phenoxy) is 2. The highest BCUT2D eigenvalue weighted by atomic mass is 16.5. The third kappa shape index (κ3) is 5.93. The van der Waals surface area contributed by atoms with Crippen LogP contribution >= 0.6 is 0 Å². The maximum atomic E-state index is 11.3. The van der Waals surface area contributed by atoms with Gasteiger partial charge in [0.15, 0.2) is 11.5 Å². The van der Waals surface area contributed by atoms with Gasteiger partial charge in [-0.15, -0.1) is 0 Å². The van der Waals surface area contributed by atoms with Crippen LogP contribution in [-0.2, 0) is 11.3 Å². The summed E-state index contributed by atoms with van der Waals surface area (Å²) in [7, 11) is 0. The lowest BCUT2D eigenvalue weighted by Crippen LogP contribution is -2.37. The predicted octanol–water partition coefficient (Wildman–Crippen LogP) is 3.07. The first-order valence-corrected chi connectivity index (χ1v) is 7.82. The fourth-order valence-corrected chi connectivity index (χ4v) is 2.19. The highest BCUT2D eigenvalue weighted by molar-refractivity contribution is 5.73. The van der Waals surface area contributed by atoms with Crippen molar-refractivity contribution in [2.75, 3.05) is 13.2 Å². The van der Waals surface area contributed by atoms with E-state index in [9.17, 15) is 9.90 Å². The van der Waals surface area contributed by atoms with Crippen molar-refractivity contribution in [3.8, 4) is 11.5 Å². The van der Waals surface area contributed by atoms with Gasteiger partial charge in [-0.05, 0) is 43.9 Å². The van der Waals surface area contributed by atoms with Crippen LogP contribution in [0.2, 0.25) is 0 Å². The van der Waals surface area contributed by atoms with Gasteiger partial charge in [0.05, 0.1) is 13.2 Å². The van der Waals surface area contributed by atoms with Crippen LogP contribution in [0, 0.1) is 5.92 Å². The summed E-state index contributed by atoms with van der Waals surface area (Å²) in [5.41, 5.74) is 0.974. The predicted molar refractivity (Wildman–Crippen MR) is 86.5 cm³/mol. The third-order valence-corrected chi connectivity index (χ3v) is 3.17. The van der Waals surface area contributed by atoms with E-state index >= 15 is 0 Å². The Morgan fingerprint density at radius 1 is 1.18 bits per heavy atom. The Morgan fingerprint density at radius 2 is 1.82 bits per heavy atom. The number of benzene rings is 1. The molecule has 0 heterocycles. The molecule has 22 heavy (non-hydrogen) atoms. The Labute approximate surface area is 132 Å². The average molecular weight is 309 g/mol. The van der Waals surface area contributed by atoms with Crippen LogP contribution in [0.25, 0.3) is 0 Å². The van der Waals surface area contributed by atoms with Crippen molar-refractivity contribution in [2.45, 2.75) is 46.7 Å². The zero-order valence-electron chi connectivity index (χ0n) is 13.9. The Hall–Kier alpha value is -1.75. The molecule has 0 aliphatic heterocycles. The molecule has 1 aromatic carbocycles. The molecule has 1 rings (SSSR count). The number of aliphatic carboxylic acids is 1. The van der Waals surface area contributed by atoms with Crippen LogP contribution in [0.5, 0.6) is 11.5 Å².